The number of aliphatic hydroxyl groups excluding tert-OH is 1. The number of rotatable bonds is 7. The minimum absolute atomic E-state index is 0.127. The maximum atomic E-state index is 11.5. The van der Waals surface area contributed by atoms with Crippen LogP contribution in [0.15, 0.2) is 30.3 Å². The fourth-order valence-electron chi connectivity index (χ4n) is 1.59. The molecule has 20 heavy (non-hydrogen) atoms. The van der Waals surface area contributed by atoms with E-state index in [1.807, 2.05) is 13.0 Å². The predicted octanol–water partition coefficient (Wildman–Crippen LogP) is 1.09. The van der Waals surface area contributed by atoms with E-state index in [1.54, 1.807) is 24.3 Å². The van der Waals surface area contributed by atoms with Crippen molar-refractivity contribution in [2.45, 2.75) is 25.9 Å². The van der Waals surface area contributed by atoms with Gasteiger partial charge in [0, 0.05) is 12.2 Å². The van der Waals surface area contributed by atoms with Gasteiger partial charge in [-0.05, 0) is 18.6 Å². The van der Waals surface area contributed by atoms with E-state index in [-0.39, 0.29) is 19.0 Å². The maximum absolute atomic E-state index is 11.5. The molecule has 6 nitrogen and oxygen atoms in total. The van der Waals surface area contributed by atoms with E-state index in [2.05, 4.69) is 16.0 Å². The Bertz CT molecular complexity index is 423. The fraction of sp³-hybridized carbons (Fsp3) is 0.429. The van der Waals surface area contributed by atoms with Crippen molar-refractivity contribution in [2.24, 2.45) is 0 Å². The lowest BCUT2D eigenvalue weighted by Gasteiger charge is -2.11. The van der Waals surface area contributed by atoms with Crippen LogP contribution in [-0.2, 0) is 4.79 Å². The van der Waals surface area contributed by atoms with Gasteiger partial charge in [0.15, 0.2) is 0 Å². The minimum atomic E-state index is -0.540. The van der Waals surface area contributed by atoms with E-state index in [0.717, 1.165) is 6.42 Å². The molecule has 1 rings (SSSR count). The number of urea groups is 1. The van der Waals surface area contributed by atoms with Gasteiger partial charge in [-0.3, -0.25) is 4.79 Å². The monoisotopic (exact) mass is 279 g/mol. The van der Waals surface area contributed by atoms with Crippen LogP contribution in [0.5, 0.6) is 0 Å². The van der Waals surface area contributed by atoms with E-state index >= 15 is 0 Å². The number of anilines is 1. The third kappa shape index (κ3) is 6.75. The number of nitrogens with one attached hydrogen (secondary N) is 3. The van der Waals surface area contributed by atoms with Crippen molar-refractivity contribution in [3.05, 3.63) is 30.3 Å². The number of hydrogen-bond acceptors (Lipinski definition) is 3. The molecule has 0 aliphatic rings. The van der Waals surface area contributed by atoms with Crippen molar-refractivity contribution in [1.29, 1.82) is 0 Å². The lowest BCUT2D eigenvalue weighted by Crippen LogP contribution is -2.41. The molecule has 0 aromatic heterocycles. The number of benzene rings is 1. The quantitative estimate of drug-likeness (QED) is 0.602. The molecule has 1 aromatic rings. The highest BCUT2D eigenvalue weighted by Crippen LogP contribution is 2.03. The topological polar surface area (TPSA) is 90.5 Å². The molecule has 0 aliphatic heterocycles. The first kappa shape index (κ1) is 16.0. The molecule has 3 amide bonds. The summed E-state index contributed by atoms with van der Waals surface area (Å²) in [6.45, 7) is 2.03. The largest absolute Gasteiger partial charge is 0.391 e. The molecule has 1 aromatic carbocycles. The second kappa shape index (κ2) is 8.92. The van der Waals surface area contributed by atoms with Crippen LogP contribution >= 0.6 is 0 Å². The molecule has 6 heteroatoms. The molecular formula is C14H21N3O3. The molecule has 1 atom stereocenters. The number of carbonyl (C=O) groups is 2. The van der Waals surface area contributed by atoms with E-state index in [4.69, 9.17) is 0 Å². The van der Waals surface area contributed by atoms with Crippen molar-refractivity contribution in [1.82, 2.24) is 10.6 Å². The van der Waals surface area contributed by atoms with Crippen molar-refractivity contribution in [3.63, 3.8) is 0 Å². The number of hydrogen-bond donors (Lipinski definition) is 4. The number of aliphatic hydroxyl groups is 1. The zero-order valence-corrected chi connectivity index (χ0v) is 11.6. The zero-order valence-electron chi connectivity index (χ0n) is 11.6. The number of para-hydroxylation sites is 1. The first-order valence-corrected chi connectivity index (χ1v) is 6.66. The average Bonchev–Trinajstić information content (AvgIpc) is 2.44. The normalized spacial score (nSPS) is 11.5. The zero-order chi connectivity index (χ0) is 14.8. The highest BCUT2D eigenvalue weighted by atomic mass is 16.3. The minimum Gasteiger partial charge on any atom is -0.391 e. The summed E-state index contributed by atoms with van der Waals surface area (Å²) in [6, 6.07) is 8.51. The summed E-state index contributed by atoms with van der Waals surface area (Å²) in [5.41, 5.74) is 0.656. The molecule has 0 aliphatic carbocycles. The molecule has 0 bridgehead atoms. The third-order valence-corrected chi connectivity index (χ3v) is 2.60. The third-order valence-electron chi connectivity index (χ3n) is 2.60. The summed E-state index contributed by atoms with van der Waals surface area (Å²) in [5, 5.41) is 17.1. The Labute approximate surface area is 118 Å². The first-order chi connectivity index (χ1) is 9.61. The van der Waals surface area contributed by atoms with Crippen LogP contribution in [0.3, 0.4) is 0 Å². The molecule has 0 saturated carbocycles. The predicted molar refractivity (Wildman–Crippen MR) is 77.4 cm³/mol. The lowest BCUT2D eigenvalue weighted by atomic mass is 10.2. The highest BCUT2D eigenvalue weighted by molar-refractivity contribution is 5.92. The van der Waals surface area contributed by atoms with Gasteiger partial charge in [0.1, 0.15) is 0 Å². The Morgan fingerprint density at radius 2 is 1.90 bits per heavy atom. The molecule has 0 radical (unpaired) electrons. The van der Waals surface area contributed by atoms with E-state index in [1.165, 1.54) is 0 Å². The Kier molecular flexibility index (Phi) is 7.13. The fourth-order valence-corrected chi connectivity index (χ4v) is 1.59. The van der Waals surface area contributed by atoms with Crippen LogP contribution < -0.4 is 16.0 Å². The van der Waals surface area contributed by atoms with Gasteiger partial charge in [-0.2, -0.15) is 0 Å². The number of carbonyl (C=O) groups excluding carboxylic acids is 2. The molecular weight excluding hydrogens is 258 g/mol. The molecule has 1 unspecified atom stereocenters. The van der Waals surface area contributed by atoms with Crippen LogP contribution in [0.4, 0.5) is 10.5 Å². The van der Waals surface area contributed by atoms with Gasteiger partial charge in [-0.1, -0.05) is 31.5 Å². The Morgan fingerprint density at radius 1 is 1.20 bits per heavy atom. The highest BCUT2D eigenvalue weighted by Gasteiger charge is 2.07. The van der Waals surface area contributed by atoms with Crippen LogP contribution in [0.1, 0.15) is 19.8 Å². The Balaban J connectivity index is 2.19. The smallest absolute Gasteiger partial charge is 0.319 e. The van der Waals surface area contributed by atoms with Crippen LogP contribution in [0.2, 0.25) is 0 Å². The summed E-state index contributed by atoms with van der Waals surface area (Å²) in [6.07, 6.45) is 0.957. The standard InChI is InChI=1S/C14H21N3O3/c1-2-6-12(18)9-15-13(19)10-16-14(20)17-11-7-4-3-5-8-11/h3-5,7-8,12,18H,2,6,9-10H2,1H3,(H,15,19)(H2,16,17,20). The second-order valence-electron chi connectivity index (χ2n) is 4.42. The molecule has 0 saturated heterocycles. The van der Waals surface area contributed by atoms with E-state index < -0.39 is 12.1 Å². The van der Waals surface area contributed by atoms with Gasteiger partial charge in [0.25, 0.3) is 0 Å². The number of amides is 3. The van der Waals surface area contributed by atoms with Crippen molar-refractivity contribution in [2.75, 3.05) is 18.4 Å². The molecule has 0 fully saturated rings. The van der Waals surface area contributed by atoms with Crippen LogP contribution in [0, 0.1) is 0 Å². The summed E-state index contributed by atoms with van der Waals surface area (Å²) in [4.78, 5) is 22.9. The van der Waals surface area contributed by atoms with Gasteiger partial charge in [0.05, 0.1) is 12.6 Å². The molecule has 0 spiro atoms. The summed E-state index contributed by atoms with van der Waals surface area (Å²) in [5.74, 6) is -0.330. The molecule has 110 valence electrons. The SMILES string of the molecule is CCCC(O)CNC(=O)CNC(=O)Nc1ccccc1. The van der Waals surface area contributed by atoms with Crippen LogP contribution in [-0.4, -0.2) is 36.2 Å². The van der Waals surface area contributed by atoms with Crippen LogP contribution in [0.25, 0.3) is 0 Å². The molecule has 0 heterocycles. The van der Waals surface area contributed by atoms with Gasteiger partial charge >= 0.3 is 6.03 Å². The first-order valence-electron chi connectivity index (χ1n) is 6.66. The lowest BCUT2D eigenvalue weighted by molar-refractivity contribution is -0.120. The molecule has 4 N–H and O–H groups in total. The van der Waals surface area contributed by atoms with Crippen molar-refractivity contribution < 1.29 is 14.7 Å². The van der Waals surface area contributed by atoms with Gasteiger partial charge < -0.3 is 21.1 Å². The average molecular weight is 279 g/mol. The summed E-state index contributed by atoms with van der Waals surface area (Å²) >= 11 is 0. The summed E-state index contributed by atoms with van der Waals surface area (Å²) in [7, 11) is 0. The van der Waals surface area contributed by atoms with Crippen molar-refractivity contribution in [3.8, 4) is 0 Å². The van der Waals surface area contributed by atoms with E-state index in [0.29, 0.717) is 12.1 Å². The Morgan fingerprint density at radius 3 is 2.55 bits per heavy atom. The maximum Gasteiger partial charge on any atom is 0.319 e. The Hall–Kier alpha value is -2.08. The van der Waals surface area contributed by atoms with Gasteiger partial charge in [0.2, 0.25) is 5.91 Å². The van der Waals surface area contributed by atoms with Gasteiger partial charge in [-0.25, -0.2) is 4.79 Å². The van der Waals surface area contributed by atoms with E-state index in [9.17, 15) is 14.7 Å². The van der Waals surface area contributed by atoms with Crippen molar-refractivity contribution >= 4 is 17.6 Å². The second-order valence-corrected chi connectivity index (χ2v) is 4.42. The summed E-state index contributed by atoms with van der Waals surface area (Å²) < 4.78 is 0. The van der Waals surface area contributed by atoms with Gasteiger partial charge in [-0.15, -0.1) is 0 Å².